The Morgan fingerprint density at radius 2 is 1.45 bits per heavy atom. The van der Waals surface area contributed by atoms with Gasteiger partial charge in [-0.1, -0.05) is 0 Å². The van der Waals surface area contributed by atoms with E-state index < -0.39 is 22.5 Å². The molecule has 158 valence electrons. The maximum absolute atomic E-state index is 12.6. The molecule has 0 atom stereocenters. The van der Waals surface area contributed by atoms with Gasteiger partial charge in [-0.05, 0) is 24.3 Å². The van der Waals surface area contributed by atoms with Gasteiger partial charge in [-0.25, -0.2) is 8.42 Å². The Morgan fingerprint density at radius 3 is 1.97 bits per heavy atom. The summed E-state index contributed by atoms with van der Waals surface area (Å²) in [4.78, 5) is 12.6. The number of carbonyl (C=O) groups excluding carboxylic acids is 1. The molecular formula is C19H24N2O7S. The summed E-state index contributed by atoms with van der Waals surface area (Å²) in [6, 6.07) is 9.50. The summed E-state index contributed by atoms with van der Waals surface area (Å²) in [6.45, 7) is -0.462. The summed E-state index contributed by atoms with van der Waals surface area (Å²) in [5.41, 5.74) is 0.598. The first-order valence-electron chi connectivity index (χ1n) is 8.45. The van der Waals surface area contributed by atoms with Crippen molar-refractivity contribution in [2.45, 2.75) is 0 Å². The monoisotopic (exact) mass is 424 g/mol. The molecule has 1 N–H and O–H groups in total. The van der Waals surface area contributed by atoms with E-state index >= 15 is 0 Å². The van der Waals surface area contributed by atoms with Gasteiger partial charge in [-0.3, -0.25) is 9.10 Å². The fourth-order valence-electron chi connectivity index (χ4n) is 2.59. The second kappa shape index (κ2) is 9.37. The average Bonchev–Trinajstić information content (AvgIpc) is 2.71. The van der Waals surface area contributed by atoms with Crippen LogP contribution in [0.25, 0.3) is 0 Å². The first-order chi connectivity index (χ1) is 13.7. The van der Waals surface area contributed by atoms with E-state index in [-0.39, 0.29) is 11.4 Å². The van der Waals surface area contributed by atoms with Crippen molar-refractivity contribution in [1.29, 1.82) is 0 Å². The zero-order valence-electron chi connectivity index (χ0n) is 16.9. The Morgan fingerprint density at radius 1 is 0.897 bits per heavy atom. The predicted molar refractivity (Wildman–Crippen MR) is 110 cm³/mol. The van der Waals surface area contributed by atoms with Gasteiger partial charge in [-0.15, -0.1) is 0 Å². The van der Waals surface area contributed by atoms with E-state index in [1.54, 1.807) is 24.3 Å². The SMILES string of the molecule is COc1ccc(NC(=O)CN(c2ccc(OC)cc2OC)S(C)(=O)=O)c(OC)c1. The summed E-state index contributed by atoms with van der Waals surface area (Å²) in [5.74, 6) is 1.12. The Kier molecular flexibility index (Phi) is 7.16. The molecule has 0 fully saturated rings. The third-order valence-corrected chi connectivity index (χ3v) is 5.15. The third kappa shape index (κ3) is 5.44. The number of nitrogens with zero attached hydrogens (tertiary/aromatic N) is 1. The standard InChI is InChI=1S/C19H24N2O7S/c1-25-13-6-8-15(17(10-13)27-3)20-19(22)12-21(29(5,23)24)16-9-7-14(26-2)11-18(16)28-4/h6-11H,12H2,1-5H3,(H,20,22). The van der Waals surface area contributed by atoms with E-state index in [0.717, 1.165) is 10.6 Å². The lowest BCUT2D eigenvalue weighted by molar-refractivity contribution is -0.114. The number of nitrogens with one attached hydrogen (secondary N) is 1. The molecule has 29 heavy (non-hydrogen) atoms. The number of ether oxygens (including phenoxy) is 4. The van der Waals surface area contributed by atoms with E-state index in [1.165, 1.54) is 40.6 Å². The maximum Gasteiger partial charge on any atom is 0.245 e. The quantitative estimate of drug-likeness (QED) is 0.658. The fraction of sp³-hybridized carbons (Fsp3) is 0.316. The van der Waals surface area contributed by atoms with Crippen molar-refractivity contribution in [2.75, 3.05) is 50.9 Å². The topological polar surface area (TPSA) is 103 Å². The van der Waals surface area contributed by atoms with Crippen LogP contribution in [0.2, 0.25) is 0 Å². The van der Waals surface area contributed by atoms with Crippen molar-refractivity contribution in [3.8, 4) is 23.0 Å². The molecule has 0 heterocycles. The van der Waals surface area contributed by atoms with Gasteiger partial charge in [0.2, 0.25) is 15.9 Å². The summed E-state index contributed by atoms with van der Waals surface area (Å²) in [5, 5.41) is 2.65. The first kappa shape index (κ1) is 22.2. The second-order valence-electron chi connectivity index (χ2n) is 5.92. The molecule has 0 aliphatic carbocycles. The van der Waals surface area contributed by atoms with Gasteiger partial charge in [-0.2, -0.15) is 0 Å². The van der Waals surface area contributed by atoms with Crippen molar-refractivity contribution in [2.24, 2.45) is 0 Å². The number of anilines is 2. The van der Waals surface area contributed by atoms with Crippen LogP contribution in [0.1, 0.15) is 0 Å². The molecular weight excluding hydrogens is 400 g/mol. The van der Waals surface area contributed by atoms with E-state index in [4.69, 9.17) is 18.9 Å². The third-order valence-electron chi connectivity index (χ3n) is 4.03. The van der Waals surface area contributed by atoms with E-state index in [2.05, 4.69) is 5.32 Å². The number of carbonyl (C=O) groups is 1. The van der Waals surface area contributed by atoms with Crippen molar-refractivity contribution >= 4 is 27.3 Å². The molecule has 10 heteroatoms. The number of methoxy groups -OCH3 is 4. The van der Waals surface area contributed by atoms with Crippen LogP contribution < -0.4 is 28.6 Å². The van der Waals surface area contributed by atoms with Gasteiger partial charge in [0.05, 0.1) is 46.1 Å². The van der Waals surface area contributed by atoms with Gasteiger partial charge >= 0.3 is 0 Å². The highest BCUT2D eigenvalue weighted by molar-refractivity contribution is 7.92. The highest BCUT2D eigenvalue weighted by Crippen LogP contribution is 2.34. The van der Waals surface area contributed by atoms with E-state index in [9.17, 15) is 13.2 Å². The van der Waals surface area contributed by atoms with Crippen molar-refractivity contribution < 1.29 is 32.2 Å². The lowest BCUT2D eigenvalue weighted by Crippen LogP contribution is -2.37. The highest BCUT2D eigenvalue weighted by Gasteiger charge is 2.25. The molecule has 0 radical (unpaired) electrons. The molecule has 0 aromatic heterocycles. The molecule has 0 bridgehead atoms. The minimum Gasteiger partial charge on any atom is -0.497 e. The van der Waals surface area contributed by atoms with Crippen molar-refractivity contribution in [1.82, 2.24) is 0 Å². The number of amides is 1. The molecule has 0 saturated carbocycles. The summed E-state index contributed by atoms with van der Waals surface area (Å²) in [7, 11) is 2.07. The van der Waals surface area contributed by atoms with Gasteiger partial charge in [0.25, 0.3) is 0 Å². The first-order valence-corrected chi connectivity index (χ1v) is 10.3. The summed E-state index contributed by atoms with van der Waals surface area (Å²) >= 11 is 0. The van der Waals surface area contributed by atoms with Crippen LogP contribution in [0.5, 0.6) is 23.0 Å². The average molecular weight is 424 g/mol. The number of hydrogen-bond donors (Lipinski definition) is 1. The molecule has 2 aromatic carbocycles. The number of rotatable bonds is 9. The Balaban J connectivity index is 2.32. The Labute approximate surface area is 170 Å². The van der Waals surface area contributed by atoms with Gasteiger partial charge in [0.15, 0.2) is 0 Å². The number of sulfonamides is 1. The zero-order valence-corrected chi connectivity index (χ0v) is 17.7. The fourth-order valence-corrected chi connectivity index (χ4v) is 3.45. The normalized spacial score (nSPS) is 10.8. The van der Waals surface area contributed by atoms with Crippen LogP contribution in [0.3, 0.4) is 0 Å². The molecule has 0 spiro atoms. The predicted octanol–water partition coefficient (Wildman–Crippen LogP) is 2.13. The number of hydrogen-bond acceptors (Lipinski definition) is 7. The van der Waals surface area contributed by atoms with Gasteiger partial charge < -0.3 is 24.3 Å². The van der Waals surface area contributed by atoms with E-state index in [1.807, 2.05) is 0 Å². The lowest BCUT2D eigenvalue weighted by Gasteiger charge is -2.24. The van der Waals surface area contributed by atoms with Crippen LogP contribution in [0.4, 0.5) is 11.4 Å². The molecule has 9 nitrogen and oxygen atoms in total. The van der Waals surface area contributed by atoms with Crippen LogP contribution in [0, 0.1) is 0 Å². The summed E-state index contributed by atoms with van der Waals surface area (Å²) < 4.78 is 46.5. The lowest BCUT2D eigenvalue weighted by atomic mass is 10.2. The highest BCUT2D eigenvalue weighted by atomic mass is 32.2. The largest absolute Gasteiger partial charge is 0.497 e. The Bertz CT molecular complexity index is 977. The number of benzene rings is 2. The van der Waals surface area contributed by atoms with Crippen LogP contribution in [-0.2, 0) is 14.8 Å². The van der Waals surface area contributed by atoms with Crippen LogP contribution in [0.15, 0.2) is 36.4 Å². The summed E-state index contributed by atoms with van der Waals surface area (Å²) in [6.07, 6.45) is 1.01. The van der Waals surface area contributed by atoms with Gasteiger partial charge in [0, 0.05) is 12.1 Å². The van der Waals surface area contributed by atoms with Crippen molar-refractivity contribution in [3.05, 3.63) is 36.4 Å². The molecule has 0 aliphatic heterocycles. The van der Waals surface area contributed by atoms with Crippen molar-refractivity contribution in [3.63, 3.8) is 0 Å². The second-order valence-corrected chi connectivity index (χ2v) is 7.83. The molecule has 1 amide bonds. The molecule has 2 rings (SSSR count). The Hall–Kier alpha value is -3.14. The zero-order chi connectivity index (χ0) is 21.6. The van der Waals surface area contributed by atoms with E-state index in [0.29, 0.717) is 22.9 Å². The molecule has 0 saturated heterocycles. The minimum absolute atomic E-state index is 0.215. The van der Waals surface area contributed by atoms with Gasteiger partial charge in [0.1, 0.15) is 29.5 Å². The molecule has 2 aromatic rings. The molecule has 0 unspecified atom stereocenters. The van der Waals surface area contributed by atoms with Crippen LogP contribution >= 0.6 is 0 Å². The maximum atomic E-state index is 12.6. The molecule has 0 aliphatic rings. The smallest absolute Gasteiger partial charge is 0.245 e. The minimum atomic E-state index is -3.78. The van der Waals surface area contributed by atoms with Crippen LogP contribution in [-0.4, -0.2) is 55.6 Å².